The van der Waals surface area contributed by atoms with Gasteiger partial charge in [0.25, 0.3) is 0 Å². The Morgan fingerprint density at radius 1 is 1.57 bits per heavy atom. The van der Waals surface area contributed by atoms with Gasteiger partial charge in [0.2, 0.25) is 5.91 Å². The number of carbonyl (C=O) groups is 1. The van der Waals surface area contributed by atoms with Crippen molar-refractivity contribution in [2.24, 2.45) is 5.73 Å². The first kappa shape index (κ1) is 8.90. The summed E-state index contributed by atoms with van der Waals surface area (Å²) in [4.78, 5) is 15.4. The van der Waals surface area contributed by atoms with E-state index in [1.165, 1.54) is 11.5 Å². The molecule has 14 heavy (non-hydrogen) atoms. The van der Waals surface area contributed by atoms with Crippen LogP contribution in [0.3, 0.4) is 0 Å². The molecule has 0 saturated heterocycles. The summed E-state index contributed by atoms with van der Waals surface area (Å²) in [5.74, 6) is -0.0401. The maximum absolute atomic E-state index is 11.2. The van der Waals surface area contributed by atoms with Gasteiger partial charge in [-0.15, -0.1) is 0 Å². The van der Waals surface area contributed by atoms with E-state index in [9.17, 15) is 4.79 Å². The Morgan fingerprint density at radius 2 is 2.36 bits per heavy atom. The third kappa shape index (κ3) is 1.20. The lowest BCUT2D eigenvalue weighted by Gasteiger charge is -2.00. The first-order chi connectivity index (χ1) is 6.74. The zero-order valence-electron chi connectivity index (χ0n) is 7.90. The average molecular weight is 189 g/mol. The number of hydrogen-bond acceptors (Lipinski definition) is 3. The first-order valence-electron chi connectivity index (χ1n) is 4.40. The van der Waals surface area contributed by atoms with Crippen molar-refractivity contribution in [2.45, 2.75) is 13.5 Å². The van der Waals surface area contributed by atoms with E-state index < -0.39 is 0 Å². The number of aromatic nitrogens is 2. The Hall–Kier alpha value is -1.68. The Kier molecular flexibility index (Phi) is 2.05. The van der Waals surface area contributed by atoms with Gasteiger partial charge in [-0.05, 0) is 17.7 Å². The minimum atomic E-state index is -0.0401. The first-order valence-corrected chi connectivity index (χ1v) is 4.40. The number of fused-ring (bicyclic) bond motifs is 1. The highest BCUT2D eigenvalue weighted by molar-refractivity contribution is 5.90. The Balaban J connectivity index is 2.75. The van der Waals surface area contributed by atoms with Crippen LogP contribution < -0.4 is 5.73 Å². The van der Waals surface area contributed by atoms with E-state index >= 15 is 0 Å². The lowest BCUT2D eigenvalue weighted by atomic mass is 10.2. The van der Waals surface area contributed by atoms with Gasteiger partial charge in [0.15, 0.2) is 0 Å². The van der Waals surface area contributed by atoms with Gasteiger partial charge in [-0.25, -0.2) is 4.98 Å². The Labute approximate surface area is 81.3 Å². The lowest BCUT2D eigenvalue weighted by Crippen LogP contribution is -2.05. The van der Waals surface area contributed by atoms with Crippen LogP contribution >= 0.6 is 0 Å². The van der Waals surface area contributed by atoms with Crippen molar-refractivity contribution in [3.05, 3.63) is 30.1 Å². The van der Waals surface area contributed by atoms with E-state index in [-0.39, 0.29) is 5.91 Å². The molecule has 2 heterocycles. The molecule has 72 valence electrons. The minimum absolute atomic E-state index is 0.0401. The molecule has 0 fully saturated rings. The fraction of sp³-hybridized carbons (Fsp3) is 0.200. The van der Waals surface area contributed by atoms with Crippen LogP contribution in [0.2, 0.25) is 0 Å². The number of carbonyl (C=O) groups excluding carboxylic acids is 1. The second-order valence-electron chi connectivity index (χ2n) is 3.12. The molecule has 0 aromatic carbocycles. The van der Waals surface area contributed by atoms with Gasteiger partial charge < -0.3 is 5.73 Å². The molecular formula is C10H11N3O. The summed E-state index contributed by atoms with van der Waals surface area (Å²) in [5, 5.41) is 0.949. The van der Waals surface area contributed by atoms with Crippen LogP contribution in [0.25, 0.3) is 11.0 Å². The topological polar surface area (TPSA) is 60.9 Å². The second-order valence-corrected chi connectivity index (χ2v) is 3.12. The number of pyridine rings is 1. The van der Waals surface area contributed by atoms with Crippen LogP contribution in [0, 0.1) is 0 Å². The van der Waals surface area contributed by atoms with Gasteiger partial charge in [0.1, 0.15) is 5.65 Å². The van der Waals surface area contributed by atoms with Crippen molar-refractivity contribution in [3.63, 3.8) is 0 Å². The molecule has 0 aliphatic rings. The number of rotatable bonds is 1. The molecule has 2 rings (SSSR count). The van der Waals surface area contributed by atoms with Gasteiger partial charge in [-0.2, -0.15) is 0 Å². The normalized spacial score (nSPS) is 10.7. The highest BCUT2D eigenvalue weighted by atomic mass is 16.1. The summed E-state index contributed by atoms with van der Waals surface area (Å²) in [6, 6.07) is 3.73. The van der Waals surface area contributed by atoms with Crippen LogP contribution in [0.1, 0.15) is 17.3 Å². The molecule has 4 nitrogen and oxygen atoms in total. The van der Waals surface area contributed by atoms with E-state index in [1.54, 1.807) is 12.4 Å². The van der Waals surface area contributed by atoms with Crippen LogP contribution in [0.4, 0.5) is 0 Å². The highest BCUT2D eigenvalue weighted by Crippen LogP contribution is 2.17. The maximum Gasteiger partial charge on any atom is 0.229 e. The minimum Gasteiger partial charge on any atom is -0.326 e. The average Bonchev–Trinajstić information content (AvgIpc) is 2.60. The molecule has 0 spiro atoms. The standard InChI is InChI=1S/C10H11N3O/c1-7(14)13-5-3-9-8(6-11)2-4-12-10(9)13/h2-5H,6,11H2,1H3. The number of nitrogens with zero attached hydrogens (tertiary/aromatic N) is 2. The summed E-state index contributed by atoms with van der Waals surface area (Å²) >= 11 is 0. The van der Waals surface area contributed by atoms with Crippen LogP contribution in [0.15, 0.2) is 24.5 Å². The molecule has 0 aliphatic heterocycles. The molecule has 0 aliphatic carbocycles. The van der Waals surface area contributed by atoms with Gasteiger partial charge in [-0.3, -0.25) is 9.36 Å². The summed E-state index contributed by atoms with van der Waals surface area (Å²) < 4.78 is 1.52. The van der Waals surface area contributed by atoms with E-state index in [2.05, 4.69) is 4.98 Å². The van der Waals surface area contributed by atoms with E-state index in [4.69, 9.17) is 5.73 Å². The zero-order valence-corrected chi connectivity index (χ0v) is 7.90. The predicted molar refractivity (Wildman–Crippen MR) is 53.9 cm³/mol. The summed E-state index contributed by atoms with van der Waals surface area (Å²) in [7, 11) is 0. The summed E-state index contributed by atoms with van der Waals surface area (Å²) in [6.45, 7) is 1.97. The smallest absolute Gasteiger partial charge is 0.229 e. The van der Waals surface area contributed by atoms with Crippen molar-refractivity contribution in [2.75, 3.05) is 0 Å². The van der Waals surface area contributed by atoms with Crippen molar-refractivity contribution >= 4 is 16.9 Å². The van der Waals surface area contributed by atoms with Crippen LogP contribution in [0.5, 0.6) is 0 Å². The molecule has 2 aromatic rings. The summed E-state index contributed by atoms with van der Waals surface area (Å²) in [5.41, 5.74) is 7.27. The van der Waals surface area contributed by atoms with Crippen molar-refractivity contribution in [1.29, 1.82) is 0 Å². The third-order valence-electron chi connectivity index (χ3n) is 2.24. The SMILES string of the molecule is CC(=O)n1ccc2c(CN)ccnc21. The zero-order chi connectivity index (χ0) is 10.1. The molecule has 0 radical (unpaired) electrons. The largest absolute Gasteiger partial charge is 0.326 e. The van der Waals surface area contributed by atoms with Crippen molar-refractivity contribution < 1.29 is 4.79 Å². The second kappa shape index (κ2) is 3.23. The van der Waals surface area contributed by atoms with Crippen molar-refractivity contribution in [1.82, 2.24) is 9.55 Å². The monoisotopic (exact) mass is 189 g/mol. The fourth-order valence-corrected chi connectivity index (χ4v) is 1.53. The van der Waals surface area contributed by atoms with E-state index in [0.717, 1.165) is 10.9 Å². The van der Waals surface area contributed by atoms with Crippen LogP contribution in [-0.4, -0.2) is 15.5 Å². The fourth-order valence-electron chi connectivity index (χ4n) is 1.53. The number of hydrogen-bond donors (Lipinski definition) is 1. The Morgan fingerprint density at radius 3 is 3.00 bits per heavy atom. The molecule has 0 unspecified atom stereocenters. The van der Waals surface area contributed by atoms with Gasteiger partial charge in [-0.1, -0.05) is 0 Å². The summed E-state index contributed by atoms with van der Waals surface area (Å²) in [6.07, 6.45) is 3.39. The lowest BCUT2D eigenvalue weighted by molar-refractivity contribution is 0.0941. The van der Waals surface area contributed by atoms with Gasteiger partial charge in [0, 0.05) is 31.2 Å². The highest BCUT2D eigenvalue weighted by Gasteiger charge is 2.07. The van der Waals surface area contributed by atoms with Gasteiger partial charge in [0.05, 0.1) is 0 Å². The molecule has 4 heteroatoms. The maximum atomic E-state index is 11.2. The Bertz CT molecular complexity index is 487. The molecule has 0 saturated carbocycles. The molecule has 0 amide bonds. The predicted octanol–water partition coefficient (Wildman–Crippen LogP) is 1.16. The third-order valence-corrected chi connectivity index (χ3v) is 2.24. The van der Waals surface area contributed by atoms with E-state index in [0.29, 0.717) is 12.2 Å². The molecule has 0 bridgehead atoms. The molecule has 2 N–H and O–H groups in total. The van der Waals surface area contributed by atoms with Crippen LogP contribution in [-0.2, 0) is 6.54 Å². The van der Waals surface area contributed by atoms with Crippen molar-refractivity contribution in [3.8, 4) is 0 Å². The molecule has 0 atom stereocenters. The van der Waals surface area contributed by atoms with E-state index in [1.807, 2.05) is 12.1 Å². The van der Waals surface area contributed by atoms with Gasteiger partial charge >= 0.3 is 0 Å². The number of nitrogens with two attached hydrogens (primary N) is 1. The molecule has 2 aromatic heterocycles. The quantitative estimate of drug-likeness (QED) is 0.732. The molecular weight excluding hydrogens is 178 g/mol.